The number of aromatic nitrogens is 2. The first-order chi connectivity index (χ1) is 9.58. The predicted molar refractivity (Wildman–Crippen MR) is 90.6 cm³/mol. The van der Waals surface area contributed by atoms with Crippen LogP contribution in [0.25, 0.3) is 5.57 Å². The lowest BCUT2D eigenvalue weighted by atomic mass is 10.0. The maximum absolute atomic E-state index is 11.7. The molecule has 3 rings (SSSR count). The number of fused-ring (bicyclic) bond motifs is 1. The van der Waals surface area contributed by atoms with E-state index in [2.05, 4.69) is 44.4 Å². The monoisotopic (exact) mass is 403 g/mol. The zero-order valence-electron chi connectivity index (χ0n) is 11.7. The molecule has 1 saturated carbocycles. The van der Waals surface area contributed by atoms with E-state index in [-0.39, 0.29) is 0 Å². The number of anilines is 1. The van der Waals surface area contributed by atoms with Gasteiger partial charge in [-0.1, -0.05) is 12.8 Å². The summed E-state index contributed by atoms with van der Waals surface area (Å²) in [4.78, 5) is 11.3. The zero-order chi connectivity index (χ0) is 14.3. The summed E-state index contributed by atoms with van der Waals surface area (Å²) in [7, 11) is -1.13. The van der Waals surface area contributed by atoms with Gasteiger partial charge in [-0.05, 0) is 47.9 Å². The number of hydrogen-bond acceptors (Lipinski definition) is 4. The fraction of sp³-hybridized carbons (Fsp3) is 0.571. The van der Waals surface area contributed by atoms with Crippen LogP contribution in [0.5, 0.6) is 0 Å². The molecule has 0 spiro atoms. The van der Waals surface area contributed by atoms with Gasteiger partial charge in [0.2, 0.25) is 5.16 Å². The highest BCUT2D eigenvalue weighted by molar-refractivity contribution is 14.1. The molecular weight excluding hydrogens is 385 g/mol. The second-order valence-corrected chi connectivity index (χ2v) is 8.02. The third-order valence-electron chi connectivity index (χ3n) is 4.16. The van der Waals surface area contributed by atoms with Gasteiger partial charge in [0, 0.05) is 27.6 Å². The summed E-state index contributed by atoms with van der Waals surface area (Å²) < 4.78 is 13.0. The summed E-state index contributed by atoms with van der Waals surface area (Å²) in [5, 5.41) is 0.441. The van der Waals surface area contributed by atoms with Crippen LogP contribution in [-0.4, -0.2) is 33.0 Å². The van der Waals surface area contributed by atoms with Crippen molar-refractivity contribution < 1.29 is 4.21 Å². The van der Waals surface area contributed by atoms with E-state index < -0.39 is 10.8 Å². The second kappa shape index (κ2) is 5.71. The number of nitrogens with zero attached hydrogens (tertiary/aromatic N) is 3. The lowest BCUT2D eigenvalue weighted by Crippen LogP contribution is -2.38. The first kappa shape index (κ1) is 14.4. The molecule has 1 aliphatic heterocycles. The smallest absolute Gasteiger partial charge is 0.220 e. The summed E-state index contributed by atoms with van der Waals surface area (Å²) in [6, 6.07) is 0.569. The summed E-state index contributed by atoms with van der Waals surface area (Å²) in [6.07, 6.45) is 8.54. The molecule has 0 bridgehead atoms. The molecular formula is C14H18IN3OS. The topological polar surface area (TPSA) is 46.1 Å². The number of rotatable bonds is 2. The minimum atomic E-state index is -1.13. The minimum Gasteiger partial charge on any atom is -0.348 e. The zero-order valence-corrected chi connectivity index (χ0v) is 14.7. The molecule has 2 heterocycles. The highest BCUT2D eigenvalue weighted by Gasteiger charge is 2.30. The summed E-state index contributed by atoms with van der Waals surface area (Å²) in [5.41, 5.74) is 2.35. The Morgan fingerprint density at radius 2 is 2.10 bits per heavy atom. The van der Waals surface area contributed by atoms with Crippen LogP contribution in [-0.2, 0) is 10.8 Å². The van der Waals surface area contributed by atoms with Crippen LogP contribution in [0.1, 0.15) is 38.2 Å². The van der Waals surface area contributed by atoms with Crippen LogP contribution in [0, 0.1) is 0 Å². The molecule has 4 nitrogen and oxygen atoms in total. The first-order valence-electron chi connectivity index (χ1n) is 6.90. The Labute approximate surface area is 135 Å². The Morgan fingerprint density at radius 1 is 1.40 bits per heavy atom. The summed E-state index contributed by atoms with van der Waals surface area (Å²) >= 11 is 2.43. The third-order valence-corrected chi connectivity index (χ3v) is 6.02. The predicted octanol–water partition coefficient (Wildman–Crippen LogP) is 3.14. The number of allylic oxidation sites excluding steroid dienone is 1. The molecule has 1 fully saturated rings. The van der Waals surface area contributed by atoms with Crippen molar-refractivity contribution in [2.24, 2.45) is 0 Å². The average Bonchev–Trinajstić information content (AvgIpc) is 2.96. The Morgan fingerprint density at radius 3 is 2.75 bits per heavy atom. The van der Waals surface area contributed by atoms with Crippen LogP contribution in [0.3, 0.4) is 0 Å². The maximum atomic E-state index is 11.7. The van der Waals surface area contributed by atoms with Gasteiger partial charge >= 0.3 is 0 Å². The van der Waals surface area contributed by atoms with Crippen LogP contribution in [0.15, 0.2) is 14.9 Å². The van der Waals surface area contributed by atoms with Crippen molar-refractivity contribution in [3.8, 4) is 0 Å². The van der Waals surface area contributed by atoms with E-state index in [1.165, 1.54) is 34.8 Å². The van der Waals surface area contributed by atoms with E-state index in [9.17, 15) is 4.21 Å². The molecule has 0 amide bonds. The molecule has 2 aliphatic rings. The van der Waals surface area contributed by atoms with Crippen molar-refractivity contribution in [1.82, 2.24) is 9.97 Å². The molecule has 6 heteroatoms. The van der Waals surface area contributed by atoms with Crippen molar-refractivity contribution in [3.05, 3.63) is 15.3 Å². The third kappa shape index (κ3) is 2.52. The van der Waals surface area contributed by atoms with Gasteiger partial charge in [-0.3, -0.25) is 4.21 Å². The second-order valence-electron chi connectivity index (χ2n) is 5.44. The molecule has 1 atom stereocenters. The van der Waals surface area contributed by atoms with E-state index in [0.29, 0.717) is 11.2 Å². The average molecular weight is 403 g/mol. The van der Waals surface area contributed by atoms with Gasteiger partial charge in [0.25, 0.3) is 0 Å². The minimum absolute atomic E-state index is 0.441. The van der Waals surface area contributed by atoms with Crippen molar-refractivity contribution in [2.75, 3.05) is 17.7 Å². The number of hydrogen-bond donors (Lipinski definition) is 0. The Kier molecular flexibility index (Phi) is 4.12. The van der Waals surface area contributed by atoms with Crippen molar-refractivity contribution in [3.63, 3.8) is 0 Å². The lowest BCUT2D eigenvalue weighted by Gasteiger charge is -2.35. The van der Waals surface area contributed by atoms with Gasteiger partial charge < -0.3 is 4.90 Å². The Hall–Kier alpha value is -0.500. The maximum Gasteiger partial charge on any atom is 0.220 e. The standard InChI is InChI=1S/C14H18IN3OS/c1-9-11-7-16-14(20(2)19)17-13(11)18(8-12(9)15)10-5-3-4-6-10/h7,10H,3-6,8H2,1-2H3. The van der Waals surface area contributed by atoms with Crippen LogP contribution >= 0.6 is 22.6 Å². The van der Waals surface area contributed by atoms with Crippen LogP contribution < -0.4 is 4.90 Å². The van der Waals surface area contributed by atoms with Gasteiger partial charge in [-0.15, -0.1) is 0 Å². The van der Waals surface area contributed by atoms with E-state index in [1.807, 2.05) is 6.20 Å². The fourth-order valence-corrected chi connectivity index (χ4v) is 4.06. The molecule has 1 aromatic heterocycles. The fourth-order valence-electron chi connectivity index (χ4n) is 2.99. The van der Waals surface area contributed by atoms with Crippen LogP contribution in [0.4, 0.5) is 5.82 Å². The van der Waals surface area contributed by atoms with Crippen LogP contribution in [0.2, 0.25) is 0 Å². The van der Waals surface area contributed by atoms with Crippen molar-refractivity contribution in [2.45, 2.75) is 43.8 Å². The molecule has 1 aliphatic carbocycles. The van der Waals surface area contributed by atoms with E-state index in [0.717, 1.165) is 17.9 Å². The first-order valence-corrected chi connectivity index (χ1v) is 9.54. The van der Waals surface area contributed by atoms with Gasteiger partial charge in [0.1, 0.15) is 5.82 Å². The SMILES string of the molecule is CC1=C(I)CN(C2CCCC2)c2nc(S(C)=O)ncc21. The largest absolute Gasteiger partial charge is 0.348 e. The van der Waals surface area contributed by atoms with Gasteiger partial charge in [0.15, 0.2) is 0 Å². The highest BCUT2D eigenvalue weighted by Crippen LogP contribution is 2.39. The molecule has 20 heavy (non-hydrogen) atoms. The number of halogens is 1. The quantitative estimate of drug-likeness (QED) is 0.562. The lowest BCUT2D eigenvalue weighted by molar-refractivity contribution is 0.615. The summed E-state index contributed by atoms with van der Waals surface area (Å²) in [6.45, 7) is 3.05. The molecule has 0 saturated heterocycles. The van der Waals surface area contributed by atoms with E-state index >= 15 is 0 Å². The molecule has 0 radical (unpaired) electrons. The summed E-state index contributed by atoms with van der Waals surface area (Å²) in [5.74, 6) is 0.981. The van der Waals surface area contributed by atoms with Gasteiger partial charge in [-0.2, -0.15) is 0 Å². The Bertz CT molecular complexity index is 596. The Balaban J connectivity index is 2.08. The molecule has 0 aromatic carbocycles. The van der Waals surface area contributed by atoms with Gasteiger partial charge in [0.05, 0.1) is 17.3 Å². The van der Waals surface area contributed by atoms with Gasteiger partial charge in [-0.25, -0.2) is 9.97 Å². The van der Waals surface area contributed by atoms with Crippen molar-refractivity contribution in [1.29, 1.82) is 0 Å². The molecule has 1 aromatic rings. The normalized spacial score (nSPS) is 21.2. The van der Waals surface area contributed by atoms with Crippen molar-refractivity contribution >= 4 is 44.8 Å². The molecule has 0 N–H and O–H groups in total. The molecule has 108 valence electrons. The van der Waals surface area contributed by atoms with E-state index in [1.54, 1.807) is 6.26 Å². The molecule has 1 unspecified atom stereocenters. The highest BCUT2D eigenvalue weighted by atomic mass is 127. The van der Waals surface area contributed by atoms with E-state index in [4.69, 9.17) is 0 Å².